The zero-order valence-corrected chi connectivity index (χ0v) is 18.0. The maximum Gasteiger partial charge on any atom is 0.193 e. The van der Waals surface area contributed by atoms with E-state index in [2.05, 4.69) is 10.3 Å². The van der Waals surface area contributed by atoms with Crippen LogP contribution in [0, 0.1) is 0 Å². The largest absolute Gasteiger partial charge is 0.493 e. The maximum atomic E-state index is 6.33. The normalized spacial score (nSPS) is 21.9. The highest BCUT2D eigenvalue weighted by Crippen LogP contribution is 2.41. The number of anilines is 1. The van der Waals surface area contributed by atoms with Crippen molar-refractivity contribution in [1.82, 2.24) is 0 Å². The van der Waals surface area contributed by atoms with E-state index in [-0.39, 0.29) is 35.7 Å². The number of methoxy groups -OCH3 is 2. The van der Waals surface area contributed by atoms with Gasteiger partial charge in [-0.2, -0.15) is 0 Å². The van der Waals surface area contributed by atoms with E-state index in [0.717, 1.165) is 18.5 Å². The van der Waals surface area contributed by atoms with E-state index in [0.29, 0.717) is 24.0 Å². The van der Waals surface area contributed by atoms with Crippen molar-refractivity contribution in [2.75, 3.05) is 26.1 Å². The third-order valence-electron chi connectivity index (χ3n) is 5.22. The molecule has 0 radical (unpaired) electrons. The van der Waals surface area contributed by atoms with Crippen molar-refractivity contribution in [2.45, 2.75) is 56.7 Å². The summed E-state index contributed by atoms with van der Waals surface area (Å²) in [6, 6.07) is 5.55. The number of ether oxygens (including phenoxy) is 3. The standard InChI is InChI=1S/C19H29N3O3.HI/c1-23-16-7-6-14(12-17(16)24-2)22-18(20)21-13-15-8-11-19(25-15)9-4-3-5-10-19;/h6-7,12,15H,3-5,8-11,13H2,1-2H3,(H3,20,21,22);1H. The Labute approximate surface area is 172 Å². The second kappa shape index (κ2) is 9.64. The predicted molar refractivity (Wildman–Crippen MR) is 115 cm³/mol. The number of hydrogen-bond acceptors (Lipinski definition) is 4. The monoisotopic (exact) mass is 475 g/mol. The van der Waals surface area contributed by atoms with Crippen LogP contribution in [0.4, 0.5) is 5.69 Å². The third kappa shape index (κ3) is 5.16. The van der Waals surface area contributed by atoms with Gasteiger partial charge in [0.15, 0.2) is 17.5 Å². The Morgan fingerprint density at radius 1 is 1.19 bits per heavy atom. The number of halogens is 1. The Morgan fingerprint density at radius 3 is 2.62 bits per heavy atom. The average molecular weight is 475 g/mol. The molecule has 146 valence electrons. The molecule has 0 bridgehead atoms. The lowest BCUT2D eigenvalue weighted by Crippen LogP contribution is -2.32. The highest BCUT2D eigenvalue weighted by atomic mass is 127. The number of benzene rings is 1. The molecule has 3 rings (SSSR count). The van der Waals surface area contributed by atoms with Gasteiger partial charge >= 0.3 is 0 Å². The van der Waals surface area contributed by atoms with Crippen LogP contribution in [0.15, 0.2) is 23.2 Å². The molecule has 1 heterocycles. The van der Waals surface area contributed by atoms with Gasteiger partial charge < -0.3 is 25.3 Å². The van der Waals surface area contributed by atoms with Crippen molar-refractivity contribution in [1.29, 1.82) is 0 Å². The van der Waals surface area contributed by atoms with Crippen LogP contribution < -0.4 is 20.5 Å². The molecule has 26 heavy (non-hydrogen) atoms. The maximum absolute atomic E-state index is 6.33. The van der Waals surface area contributed by atoms with Crippen molar-refractivity contribution in [3.05, 3.63) is 18.2 Å². The molecule has 1 spiro atoms. The summed E-state index contributed by atoms with van der Waals surface area (Å²) in [4.78, 5) is 4.46. The molecule has 1 aliphatic carbocycles. The lowest BCUT2D eigenvalue weighted by atomic mass is 9.83. The van der Waals surface area contributed by atoms with E-state index in [1.54, 1.807) is 14.2 Å². The fourth-order valence-corrected chi connectivity index (χ4v) is 3.89. The molecule has 1 saturated carbocycles. The van der Waals surface area contributed by atoms with Gasteiger partial charge in [-0.05, 0) is 37.8 Å². The van der Waals surface area contributed by atoms with Crippen molar-refractivity contribution < 1.29 is 14.2 Å². The Bertz CT molecular complexity index is 618. The molecular formula is C19H30IN3O3. The Balaban J connectivity index is 0.00000243. The molecule has 6 nitrogen and oxygen atoms in total. The molecule has 0 amide bonds. The van der Waals surface area contributed by atoms with E-state index >= 15 is 0 Å². The number of nitrogens with one attached hydrogen (secondary N) is 1. The van der Waals surface area contributed by atoms with Crippen LogP contribution in [0.25, 0.3) is 0 Å². The van der Waals surface area contributed by atoms with Gasteiger partial charge in [0.25, 0.3) is 0 Å². The second-order valence-electron chi connectivity index (χ2n) is 6.94. The smallest absolute Gasteiger partial charge is 0.193 e. The van der Waals surface area contributed by atoms with Crippen LogP contribution in [-0.4, -0.2) is 38.4 Å². The van der Waals surface area contributed by atoms with Crippen molar-refractivity contribution in [3.63, 3.8) is 0 Å². The lowest BCUT2D eigenvalue weighted by Gasteiger charge is -2.33. The van der Waals surface area contributed by atoms with Gasteiger partial charge in [0.05, 0.1) is 32.5 Å². The molecule has 2 aliphatic rings. The average Bonchev–Trinajstić information content (AvgIpc) is 3.02. The van der Waals surface area contributed by atoms with Crippen LogP contribution in [0.3, 0.4) is 0 Å². The Morgan fingerprint density at radius 2 is 1.92 bits per heavy atom. The molecule has 1 atom stereocenters. The number of aliphatic imine (C=N–C) groups is 1. The van der Waals surface area contributed by atoms with E-state index < -0.39 is 0 Å². The molecule has 1 aromatic rings. The first-order chi connectivity index (χ1) is 12.1. The van der Waals surface area contributed by atoms with Gasteiger partial charge in [0.2, 0.25) is 0 Å². The fourth-order valence-electron chi connectivity index (χ4n) is 3.89. The van der Waals surface area contributed by atoms with Gasteiger partial charge in [-0.3, -0.25) is 4.99 Å². The van der Waals surface area contributed by atoms with Crippen LogP contribution in [0.2, 0.25) is 0 Å². The number of rotatable bonds is 5. The second-order valence-corrected chi connectivity index (χ2v) is 6.94. The van der Waals surface area contributed by atoms with Gasteiger partial charge in [-0.1, -0.05) is 19.3 Å². The molecule has 1 aromatic carbocycles. The first kappa shape index (κ1) is 21.1. The summed E-state index contributed by atoms with van der Waals surface area (Å²) in [7, 11) is 3.22. The van der Waals surface area contributed by atoms with Crippen LogP contribution in [-0.2, 0) is 4.74 Å². The summed E-state index contributed by atoms with van der Waals surface area (Å²) >= 11 is 0. The number of guanidine groups is 1. The molecule has 1 aliphatic heterocycles. The summed E-state index contributed by atoms with van der Waals surface area (Å²) in [6.45, 7) is 0.605. The quantitative estimate of drug-likeness (QED) is 0.384. The van der Waals surface area contributed by atoms with Gasteiger partial charge in [0.1, 0.15) is 0 Å². The van der Waals surface area contributed by atoms with Gasteiger partial charge in [0, 0.05) is 11.8 Å². The molecule has 1 unspecified atom stereocenters. The van der Waals surface area contributed by atoms with Crippen molar-refractivity contribution in [3.8, 4) is 11.5 Å². The molecule has 2 fully saturated rings. The fraction of sp³-hybridized carbons (Fsp3) is 0.632. The first-order valence-electron chi connectivity index (χ1n) is 9.11. The zero-order valence-electron chi connectivity index (χ0n) is 15.6. The van der Waals surface area contributed by atoms with E-state index in [1.807, 2.05) is 18.2 Å². The minimum atomic E-state index is 0. The zero-order chi connectivity index (χ0) is 17.7. The van der Waals surface area contributed by atoms with Gasteiger partial charge in [-0.15, -0.1) is 24.0 Å². The SMILES string of the molecule is COc1ccc(NC(N)=NCC2CCC3(CCCCC3)O2)cc1OC.I. The topological polar surface area (TPSA) is 78.1 Å². The van der Waals surface area contributed by atoms with E-state index in [1.165, 1.54) is 32.1 Å². The lowest BCUT2D eigenvalue weighted by molar-refractivity contribution is -0.0598. The third-order valence-corrected chi connectivity index (χ3v) is 5.22. The van der Waals surface area contributed by atoms with Gasteiger partial charge in [-0.25, -0.2) is 0 Å². The first-order valence-corrected chi connectivity index (χ1v) is 9.11. The van der Waals surface area contributed by atoms with E-state index in [9.17, 15) is 0 Å². The van der Waals surface area contributed by atoms with Crippen LogP contribution >= 0.6 is 24.0 Å². The van der Waals surface area contributed by atoms with Crippen LogP contribution in [0.5, 0.6) is 11.5 Å². The van der Waals surface area contributed by atoms with E-state index in [4.69, 9.17) is 19.9 Å². The van der Waals surface area contributed by atoms with Crippen molar-refractivity contribution >= 4 is 35.6 Å². The molecule has 0 aromatic heterocycles. The molecule has 7 heteroatoms. The highest BCUT2D eigenvalue weighted by molar-refractivity contribution is 14.0. The van der Waals surface area contributed by atoms with Crippen molar-refractivity contribution in [2.24, 2.45) is 10.7 Å². The molecular weight excluding hydrogens is 445 g/mol. The summed E-state index contributed by atoms with van der Waals surface area (Å²) in [5.74, 6) is 1.72. The number of hydrogen-bond donors (Lipinski definition) is 2. The summed E-state index contributed by atoms with van der Waals surface area (Å²) in [5.41, 5.74) is 6.97. The summed E-state index contributed by atoms with van der Waals surface area (Å²) in [5, 5.41) is 3.10. The number of nitrogens with two attached hydrogens (primary N) is 1. The van der Waals surface area contributed by atoms with Crippen LogP contribution in [0.1, 0.15) is 44.9 Å². The Kier molecular flexibility index (Phi) is 7.82. The number of nitrogens with zero attached hydrogens (tertiary/aromatic N) is 1. The highest BCUT2D eigenvalue weighted by Gasteiger charge is 2.40. The molecule has 3 N–H and O–H groups in total. The molecule has 1 saturated heterocycles. The minimum Gasteiger partial charge on any atom is -0.493 e. The predicted octanol–water partition coefficient (Wildman–Crippen LogP) is 3.93. The Hall–Kier alpha value is -1.22. The summed E-state index contributed by atoms with van der Waals surface area (Å²) in [6.07, 6.45) is 8.75. The minimum absolute atomic E-state index is 0. The summed E-state index contributed by atoms with van der Waals surface area (Å²) < 4.78 is 16.9.